The third kappa shape index (κ3) is 5.23. The van der Waals surface area contributed by atoms with Crippen molar-refractivity contribution < 1.29 is 19.2 Å². The molecule has 0 saturated heterocycles. The normalized spacial score (nSPS) is 12.9. The number of halogens is 1. The Morgan fingerprint density at radius 3 is 2.27 bits per heavy atom. The number of nitrogen functional groups attached to an aromatic ring is 1. The van der Waals surface area contributed by atoms with Crippen LogP contribution in [0.4, 0.5) is 5.13 Å². The van der Waals surface area contributed by atoms with E-state index in [2.05, 4.69) is 14.5 Å². The van der Waals surface area contributed by atoms with Gasteiger partial charge in [-0.15, -0.1) is 0 Å². The maximum absolute atomic E-state index is 12.0. The van der Waals surface area contributed by atoms with Crippen LogP contribution in [-0.2, 0) is 19.2 Å². The highest BCUT2D eigenvalue weighted by Gasteiger charge is 2.36. The van der Waals surface area contributed by atoms with Crippen LogP contribution in [0.25, 0.3) is 0 Å². The number of oxime groups is 1. The summed E-state index contributed by atoms with van der Waals surface area (Å²) in [6, 6.07) is 0. The standard InChI is InChI=1S/C12H17ClN4O4S/c1-11(2,3)20-9(19)12(4,5)21-16-6(7(13)18)8-15-10(14)22-17-8/h1-5H3,(H2,14,15,17). The van der Waals surface area contributed by atoms with Crippen LogP contribution < -0.4 is 5.73 Å². The summed E-state index contributed by atoms with van der Waals surface area (Å²) >= 11 is 6.30. The number of rotatable bonds is 5. The molecule has 0 bridgehead atoms. The van der Waals surface area contributed by atoms with E-state index < -0.39 is 22.4 Å². The molecule has 0 unspecified atom stereocenters. The summed E-state index contributed by atoms with van der Waals surface area (Å²) in [5.74, 6) is -0.710. The number of hydrogen-bond acceptors (Lipinski definition) is 9. The van der Waals surface area contributed by atoms with Crippen LogP contribution in [0.1, 0.15) is 40.4 Å². The number of hydrogen-bond donors (Lipinski definition) is 1. The van der Waals surface area contributed by atoms with E-state index >= 15 is 0 Å². The molecule has 0 radical (unpaired) electrons. The van der Waals surface area contributed by atoms with E-state index in [0.717, 1.165) is 11.5 Å². The van der Waals surface area contributed by atoms with Crippen LogP contribution in [0, 0.1) is 0 Å². The number of ether oxygens (including phenoxy) is 1. The van der Waals surface area contributed by atoms with E-state index in [1.807, 2.05) is 0 Å². The van der Waals surface area contributed by atoms with E-state index in [1.165, 1.54) is 13.8 Å². The molecule has 10 heteroatoms. The average Bonchev–Trinajstić information content (AvgIpc) is 2.73. The number of anilines is 1. The van der Waals surface area contributed by atoms with Crippen molar-refractivity contribution in [3.8, 4) is 0 Å². The Hall–Kier alpha value is -1.74. The monoisotopic (exact) mass is 348 g/mol. The minimum absolute atomic E-state index is 0.0671. The lowest BCUT2D eigenvalue weighted by atomic mass is 10.1. The predicted molar refractivity (Wildman–Crippen MR) is 82.7 cm³/mol. The van der Waals surface area contributed by atoms with Crippen LogP contribution in [0.3, 0.4) is 0 Å². The van der Waals surface area contributed by atoms with Crippen molar-refractivity contribution in [1.29, 1.82) is 0 Å². The lowest BCUT2D eigenvalue weighted by Crippen LogP contribution is -2.40. The molecule has 122 valence electrons. The summed E-state index contributed by atoms with van der Waals surface area (Å²) in [5, 5.41) is 2.80. The highest BCUT2D eigenvalue weighted by atomic mass is 35.5. The largest absolute Gasteiger partial charge is 0.457 e. The van der Waals surface area contributed by atoms with Gasteiger partial charge >= 0.3 is 5.97 Å². The maximum atomic E-state index is 12.0. The predicted octanol–water partition coefficient (Wildman–Crippen LogP) is 1.73. The molecule has 1 aromatic heterocycles. The van der Waals surface area contributed by atoms with Crippen molar-refractivity contribution in [3.63, 3.8) is 0 Å². The molecule has 0 aliphatic carbocycles. The summed E-state index contributed by atoms with van der Waals surface area (Å²) in [6.45, 7) is 8.06. The van der Waals surface area contributed by atoms with Gasteiger partial charge in [-0.3, -0.25) is 4.79 Å². The molecule has 22 heavy (non-hydrogen) atoms. The zero-order chi connectivity index (χ0) is 17.1. The van der Waals surface area contributed by atoms with Crippen molar-refractivity contribution in [2.45, 2.75) is 45.8 Å². The second kappa shape index (κ2) is 6.57. The Bertz CT molecular complexity index is 607. The molecule has 0 amide bonds. The molecule has 0 atom stereocenters. The quantitative estimate of drug-likeness (QED) is 0.372. The number of aromatic nitrogens is 2. The van der Waals surface area contributed by atoms with Crippen LogP contribution in [0.5, 0.6) is 0 Å². The first kappa shape index (κ1) is 18.3. The summed E-state index contributed by atoms with van der Waals surface area (Å²) < 4.78 is 9.02. The van der Waals surface area contributed by atoms with Gasteiger partial charge in [0.1, 0.15) is 5.60 Å². The van der Waals surface area contributed by atoms with E-state index in [1.54, 1.807) is 20.8 Å². The topological polar surface area (TPSA) is 117 Å². The van der Waals surface area contributed by atoms with E-state index in [-0.39, 0.29) is 16.7 Å². The molecule has 8 nitrogen and oxygen atoms in total. The third-order valence-electron chi connectivity index (χ3n) is 2.10. The van der Waals surface area contributed by atoms with Gasteiger partial charge in [0.25, 0.3) is 5.24 Å². The molecule has 0 spiro atoms. The van der Waals surface area contributed by atoms with Gasteiger partial charge in [-0.2, -0.15) is 9.36 Å². The molecule has 0 aromatic carbocycles. The molecule has 1 heterocycles. The molecule has 1 aromatic rings. The SMILES string of the molecule is CC(C)(C)OC(=O)C(C)(C)ON=C(C(=O)Cl)c1nsc(N)n1. The summed E-state index contributed by atoms with van der Waals surface area (Å²) in [7, 11) is 0. The highest BCUT2D eigenvalue weighted by molar-refractivity contribution is 7.09. The fourth-order valence-corrected chi connectivity index (χ4v) is 1.65. The first-order valence-electron chi connectivity index (χ1n) is 6.21. The van der Waals surface area contributed by atoms with Crippen LogP contribution in [0.15, 0.2) is 5.16 Å². The van der Waals surface area contributed by atoms with Crippen molar-refractivity contribution >= 4 is 45.2 Å². The van der Waals surface area contributed by atoms with Crippen molar-refractivity contribution in [2.24, 2.45) is 5.16 Å². The lowest BCUT2D eigenvalue weighted by Gasteiger charge is -2.26. The Balaban J connectivity index is 2.94. The molecule has 2 N–H and O–H groups in total. The fraction of sp³-hybridized carbons (Fsp3) is 0.583. The molecular weight excluding hydrogens is 332 g/mol. The van der Waals surface area contributed by atoms with Crippen LogP contribution >= 0.6 is 23.1 Å². The van der Waals surface area contributed by atoms with E-state index in [0.29, 0.717) is 0 Å². The summed E-state index contributed by atoms with van der Waals surface area (Å²) in [4.78, 5) is 32.3. The second-order valence-corrected chi connectivity index (χ2v) is 6.90. The van der Waals surface area contributed by atoms with Gasteiger partial charge in [0.2, 0.25) is 17.1 Å². The Kier molecular flexibility index (Phi) is 5.47. The van der Waals surface area contributed by atoms with Crippen molar-refractivity contribution in [1.82, 2.24) is 9.36 Å². The minimum atomic E-state index is -1.42. The van der Waals surface area contributed by atoms with Gasteiger partial charge in [-0.25, -0.2) is 4.79 Å². The number of nitrogens with two attached hydrogens (primary N) is 1. The van der Waals surface area contributed by atoms with Gasteiger partial charge in [-0.1, -0.05) is 5.16 Å². The van der Waals surface area contributed by atoms with E-state index in [4.69, 9.17) is 26.9 Å². The number of carbonyl (C=O) groups is 2. The Labute approximate surface area is 136 Å². The molecule has 0 saturated carbocycles. The van der Waals surface area contributed by atoms with Gasteiger partial charge < -0.3 is 15.3 Å². The van der Waals surface area contributed by atoms with Gasteiger partial charge in [0.15, 0.2) is 5.13 Å². The summed E-state index contributed by atoms with van der Waals surface area (Å²) in [5.41, 5.74) is 2.99. The molecule has 0 aliphatic rings. The fourth-order valence-electron chi connectivity index (χ4n) is 1.09. The number of carbonyl (C=O) groups excluding carboxylic acids is 2. The minimum Gasteiger partial charge on any atom is -0.457 e. The maximum Gasteiger partial charge on any atom is 0.353 e. The first-order chi connectivity index (χ1) is 9.92. The number of esters is 1. The van der Waals surface area contributed by atoms with Crippen LogP contribution in [0.2, 0.25) is 0 Å². The highest BCUT2D eigenvalue weighted by Crippen LogP contribution is 2.18. The third-order valence-corrected chi connectivity index (χ3v) is 2.82. The van der Waals surface area contributed by atoms with E-state index in [9.17, 15) is 9.59 Å². The Morgan fingerprint density at radius 1 is 1.27 bits per heavy atom. The average molecular weight is 349 g/mol. The zero-order valence-corrected chi connectivity index (χ0v) is 14.4. The van der Waals surface area contributed by atoms with Gasteiger partial charge in [0, 0.05) is 11.5 Å². The lowest BCUT2D eigenvalue weighted by molar-refractivity contribution is -0.179. The molecule has 0 aliphatic heterocycles. The summed E-state index contributed by atoms with van der Waals surface area (Å²) in [6.07, 6.45) is 0. The smallest absolute Gasteiger partial charge is 0.353 e. The number of nitrogens with zero attached hydrogens (tertiary/aromatic N) is 3. The van der Waals surface area contributed by atoms with Crippen molar-refractivity contribution in [3.05, 3.63) is 5.82 Å². The van der Waals surface area contributed by atoms with Gasteiger partial charge in [-0.05, 0) is 46.2 Å². The second-order valence-electron chi connectivity index (χ2n) is 5.77. The molecular formula is C12H17ClN4O4S. The van der Waals surface area contributed by atoms with Crippen molar-refractivity contribution in [2.75, 3.05) is 5.73 Å². The Morgan fingerprint density at radius 2 is 1.86 bits per heavy atom. The zero-order valence-electron chi connectivity index (χ0n) is 12.8. The van der Waals surface area contributed by atoms with Gasteiger partial charge in [0.05, 0.1) is 0 Å². The van der Waals surface area contributed by atoms with Crippen LogP contribution in [-0.4, -0.2) is 37.5 Å². The molecule has 1 rings (SSSR count). The molecule has 0 fully saturated rings. The first-order valence-corrected chi connectivity index (χ1v) is 7.36.